The fourth-order valence-electron chi connectivity index (χ4n) is 0.896. The second-order valence-corrected chi connectivity index (χ2v) is 3.75. The Balaban J connectivity index is 4.08. The molecule has 3 N–H and O–H groups in total. The van der Waals surface area contributed by atoms with Gasteiger partial charge in [0.15, 0.2) is 6.04 Å². The van der Waals surface area contributed by atoms with Crippen LogP contribution in [0.4, 0.5) is 4.79 Å². The van der Waals surface area contributed by atoms with Crippen LogP contribution >= 0.6 is 0 Å². The van der Waals surface area contributed by atoms with Gasteiger partial charge in [0.2, 0.25) is 0 Å². The Labute approximate surface area is 94.6 Å². The van der Waals surface area contributed by atoms with E-state index in [9.17, 15) is 9.59 Å². The molecule has 0 aliphatic rings. The first-order valence-electron chi connectivity index (χ1n) is 4.88. The summed E-state index contributed by atoms with van der Waals surface area (Å²) >= 11 is 0. The maximum absolute atomic E-state index is 11.5. The highest BCUT2D eigenvalue weighted by molar-refractivity contribution is 5.82. The number of nitrogens with one attached hydrogen (secondary N) is 1. The number of hydrogen-bond donors (Lipinski definition) is 3. The summed E-state index contributed by atoms with van der Waals surface area (Å²) in [4.78, 5) is 25.3. The summed E-state index contributed by atoms with van der Waals surface area (Å²) in [5.41, 5.74) is 0. The first-order chi connectivity index (χ1) is 7.38. The molecule has 7 nitrogen and oxygen atoms in total. The van der Waals surface area contributed by atoms with Crippen molar-refractivity contribution in [2.75, 3.05) is 40.8 Å². The van der Waals surface area contributed by atoms with Gasteiger partial charge in [-0.15, -0.1) is 0 Å². The number of aliphatic carboxylic acids is 1. The molecule has 0 unspecified atom stereocenters. The molecule has 0 aliphatic heterocycles. The van der Waals surface area contributed by atoms with Gasteiger partial charge in [0.05, 0.1) is 6.61 Å². The molecule has 0 radical (unpaired) electrons. The average Bonchev–Trinajstić information content (AvgIpc) is 2.21. The summed E-state index contributed by atoms with van der Waals surface area (Å²) < 4.78 is 0. The summed E-state index contributed by atoms with van der Waals surface area (Å²) in [6.07, 6.45) is 0. The molecule has 16 heavy (non-hydrogen) atoms. The normalized spacial score (nSPS) is 12.3. The van der Waals surface area contributed by atoms with Gasteiger partial charge in [0, 0.05) is 20.1 Å². The van der Waals surface area contributed by atoms with Crippen LogP contribution in [0.25, 0.3) is 0 Å². The molecule has 0 bridgehead atoms. The van der Waals surface area contributed by atoms with Crippen LogP contribution in [0, 0.1) is 0 Å². The number of nitrogens with zero attached hydrogens (tertiary/aromatic N) is 2. The van der Waals surface area contributed by atoms with Crippen molar-refractivity contribution in [3.8, 4) is 0 Å². The van der Waals surface area contributed by atoms with Gasteiger partial charge in [0.1, 0.15) is 0 Å². The first kappa shape index (κ1) is 14.7. The Bertz CT molecular complexity index is 245. The molecule has 1 atom stereocenters. The Morgan fingerprint density at radius 3 is 2.19 bits per heavy atom. The molecule has 0 aliphatic carbocycles. The topological polar surface area (TPSA) is 93.1 Å². The molecule has 0 aromatic carbocycles. The van der Waals surface area contributed by atoms with E-state index in [0.29, 0.717) is 13.1 Å². The molecule has 2 amide bonds. The van der Waals surface area contributed by atoms with Crippen LogP contribution < -0.4 is 5.32 Å². The van der Waals surface area contributed by atoms with E-state index in [-0.39, 0.29) is 0 Å². The number of carboxylic acids is 1. The van der Waals surface area contributed by atoms with Crippen molar-refractivity contribution in [3.05, 3.63) is 0 Å². The lowest BCUT2D eigenvalue weighted by molar-refractivity contribution is -0.140. The van der Waals surface area contributed by atoms with E-state index in [2.05, 4.69) is 5.32 Å². The predicted octanol–water partition coefficient (Wildman–Crippen LogP) is -1.37. The lowest BCUT2D eigenvalue weighted by Crippen LogP contribution is -2.49. The molecule has 0 fully saturated rings. The molecule has 94 valence electrons. The highest BCUT2D eigenvalue weighted by atomic mass is 16.4. The monoisotopic (exact) mass is 233 g/mol. The number of likely N-dealkylation sites (N-methyl/N-ethyl adjacent to an activating group) is 2. The van der Waals surface area contributed by atoms with Crippen molar-refractivity contribution in [2.45, 2.75) is 6.04 Å². The van der Waals surface area contributed by atoms with E-state index in [0.717, 1.165) is 0 Å². The average molecular weight is 233 g/mol. The summed E-state index contributed by atoms with van der Waals surface area (Å²) in [5.74, 6) is -1.25. The Kier molecular flexibility index (Phi) is 6.43. The highest BCUT2D eigenvalue weighted by Gasteiger charge is 2.20. The lowest BCUT2D eigenvalue weighted by atomic mass is 10.3. The van der Waals surface area contributed by atoms with Gasteiger partial charge in [0.25, 0.3) is 0 Å². The summed E-state index contributed by atoms with van der Waals surface area (Å²) in [7, 11) is 5.31. The quantitative estimate of drug-likeness (QED) is 0.526. The molecular weight excluding hydrogens is 214 g/mol. The van der Waals surface area contributed by atoms with Gasteiger partial charge in [-0.25, -0.2) is 9.59 Å². The van der Waals surface area contributed by atoms with E-state index in [1.807, 2.05) is 19.0 Å². The van der Waals surface area contributed by atoms with Crippen molar-refractivity contribution < 1.29 is 19.8 Å². The Morgan fingerprint density at radius 1 is 1.25 bits per heavy atom. The SMILES string of the molecule is CN(C)CCN(C)C(=O)N[C@@H](CO)C(=O)O. The number of aliphatic hydroxyl groups excluding tert-OH is 1. The molecule has 7 heteroatoms. The largest absolute Gasteiger partial charge is 0.480 e. The van der Waals surface area contributed by atoms with Crippen molar-refractivity contribution in [3.63, 3.8) is 0 Å². The molecule has 0 heterocycles. The smallest absolute Gasteiger partial charge is 0.328 e. The molecular formula is C9H19N3O4. The fourth-order valence-corrected chi connectivity index (χ4v) is 0.896. The van der Waals surface area contributed by atoms with Crippen molar-refractivity contribution in [1.82, 2.24) is 15.1 Å². The van der Waals surface area contributed by atoms with E-state index in [1.54, 1.807) is 7.05 Å². The number of urea groups is 1. The van der Waals surface area contributed by atoms with Gasteiger partial charge in [-0.2, -0.15) is 0 Å². The van der Waals surface area contributed by atoms with Crippen LogP contribution in [-0.4, -0.2) is 78.9 Å². The van der Waals surface area contributed by atoms with E-state index >= 15 is 0 Å². The summed E-state index contributed by atoms with van der Waals surface area (Å²) in [6, 6.07) is -1.77. The van der Waals surface area contributed by atoms with Crippen LogP contribution in [0.5, 0.6) is 0 Å². The minimum atomic E-state index is -1.26. The Hall–Kier alpha value is -1.34. The minimum Gasteiger partial charge on any atom is -0.480 e. The molecule has 0 aromatic rings. The summed E-state index contributed by atoms with van der Waals surface area (Å²) in [6.45, 7) is 0.542. The summed E-state index contributed by atoms with van der Waals surface area (Å²) in [5, 5.41) is 19.6. The number of hydrogen-bond acceptors (Lipinski definition) is 4. The third kappa shape index (κ3) is 5.52. The molecule has 0 aromatic heterocycles. The van der Waals surface area contributed by atoms with E-state index < -0.39 is 24.6 Å². The standard InChI is InChI=1S/C9H19N3O4/c1-11(2)4-5-12(3)9(16)10-7(6-13)8(14)15/h7,13H,4-6H2,1-3H3,(H,10,16)(H,14,15)/t7-/m0/s1. The van der Waals surface area contributed by atoms with Crippen molar-refractivity contribution in [1.29, 1.82) is 0 Å². The van der Waals surface area contributed by atoms with Gasteiger partial charge in [-0.1, -0.05) is 0 Å². The molecule has 0 saturated heterocycles. The second-order valence-electron chi connectivity index (χ2n) is 3.75. The predicted molar refractivity (Wildman–Crippen MR) is 58.2 cm³/mol. The third-order valence-corrected chi connectivity index (χ3v) is 2.01. The van der Waals surface area contributed by atoms with Gasteiger partial charge in [-0.3, -0.25) is 0 Å². The maximum Gasteiger partial charge on any atom is 0.328 e. The Morgan fingerprint density at radius 2 is 1.81 bits per heavy atom. The van der Waals surface area contributed by atoms with Crippen LogP contribution in [0.2, 0.25) is 0 Å². The third-order valence-electron chi connectivity index (χ3n) is 2.01. The van der Waals surface area contributed by atoms with Gasteiger partial charge < -0.3 is 25.3 Å². The van der Waals surface area contributed by atoms with Crippen molar-refractivity contribution >= 4 is 12.0 Å². The van der Waals surface area contributed by atoms with Gasteiger partial charge >= 0.3 is 12.0 Å². The zero-order chi connectivity index (χ0) is 12.7. The van der Waals surface area contributed by atoms with E-state index in [4.69, 9.17) is 10.2 Å². The van der Waals surface area contributed by atoms with E-state index in [1.165, 1.54) is 4.90 Å². The fraction of sp³-hybridized carbons (Fsp3) is 0.778. The second kappa shape index (κ2) is 7.02. The van der Waals surface area contributed by atoms with Gasteiger partial charge in [-0.05, 0) is 14.1 Å². The highest BCUT2D eigenvalue weighted by Crippen LogP contribution is 1.89. The lowest BCUT2D eigenvalue weighted by Gasteiger charge is -2.21. The zero-order valence-corrected chi connectivity index (χ0v) is 9.80. The van der Waals surface area contributed by atoms with Crippen LogP contribution in [0.15, 0.2) is 0 Å². The molecule has 0 spiro atoms. The number of aliphatic hydroxyl groups is 1. The zero-order valence-electron chi connectivity index (χ0n) is 9.80. The number of carbonyl (C=O) groups is 2. The number of carboxylic acid groups (broad SMARTS) is 1. The van der Waals surface area contributed by atoms with Crippen LogP contribution in [0.1, 0.15) is 0 Å². The molecule has 0 saturated carbocycles. The molecule has 0 rings (SSSR count). The number of rotatable bonds is 6. The van der Waals surface area contributed by atoms with Crippen molar-refractivity contribution in [2.24, 2.45) is 0 Å². The minimum absolute atomic E-state index is 0.483. The van der Waals surface area contributed by atoms with Crippen LogP contribution in [-0.2, 0) is 4.79 Å². The first-order valence-corrected chi connectivity index (χ1v) is 4.88. The number of carbonyl (C=O) groups excluding carboxylic acids is 1. The maximum atomic E-state index is 11.5. The number of amides is 2. The van der Waals surface area contributed by atoms with Crippen LogP contribution in [0.3, 0.4) is 0 Å².